The van der Waals surface area contributed by atoms with Gasteiger partial charge in [0.2, 0.25) is 0 Å². The number of hydrogen-bond donors (Lipinski definition) is 0. The highest BCUT2D eigenvalue weighted by Gasteiger charge is 2.18. The topological polar surface area (TPSA) is 82.1 Å². The van der Waals surface area contributed by atoms with Crippen molar-refractivity contribution in [3.63, 3.8) is 0 Å². The molecule has 7 heteroatoms. The van der Waals surface area contributed by atoms with E-state index in [1.807, 2.05) is 12.1 Å². The van der Waals surface area contributed by atoms with Gasteiger partial charge in [0.05, 0.1) is 13.2 Å². The molecule has 0 unspecified atom stereocenters. The minimum Gasteiger partial charge on any atom is -0.462 e. The summed E-state index contributed by atoms with van der Waals surface area (Å²) in [6.07, 6.45) is 10.7. The summed E-state index contributed by atoms with van der Waals surface area (Å²) >= 11 is 0. The number of esters is 3. The number of rotatable bonds is 22. The van der Waals surface area contributed by atoms with E-state index in [1.54, 1.807) is 0 Å². The first kappa shape index (κ1) is 46.3. The van der Waals surface area contributed by atoms with Gasteiger partial charge in [0.1, 0.15) is 5.75 Å². The van der Waals surface area contributed by atoms with Crippen LogP contribution < -0.4 is 9.64 Å². The van der Waals surface area contributed by atoms with E-state index in [4.69, 9.17) is 14.2 Å². The summed E-state index contributed by atoms with van der Waals surface area (Å²) in [7, 11) is 0. The van der Waals surface area contributed by atoms with E-state index in [2.05, 4.69) is 160 Å². The van der Waals surface area contributed by atoms with E-state index in [-0.39, 0.29) is 0 Å². The lowest BCUT2D eigenvalue weighted by Crippen LogP contribution is -2.11. The highest BCUT2D eigenvalue weighted by Crippen LogP contribution is 2.40. The summed E-state index contributed by atoms with van der Waals surface area (Å²) in [5.74, 6) is -0.783. The zero-order valence-electron chi connectivity index (χ0n) is 37.0. The third-order valence-electron chi connectivity index (χ3n) is 11.1. The average Bonchev–Trinajstić information content (AvgIpc) is 3.33. The van der Waals surface area contributed by atoms with Crippen LogP contribution in [0.25, 0.3) is 33.4 Å². The maximum absolute atomic E-state index is 12.1. The summed E-state index contributed by atoms with van der Waals surface area (Å²) < 4.78 is 15.9. The summed E-state index contributed by atoms with van der Waals surface area (Å²) in [5, 5.41) is 0. The molecule has 0 bridgehead atoms. The smallest absolute Gasteiger partial charge is 0.335 e. The van der Waals surface area contributed by atoms with Crippen LogP contribution in [-0.4, -0.2) is 31.1 Å². The predicted molar refractivity (Wildman–Crippen MR) is 260 cm³/mol. The van der Waals surface area contributed by atoms with Gasteiger partial charge in [-0.05, 0) is 130 Å². The van der Waals surface area contributed by atoms with Crippen molar-refractivity contribution in [3.8, 4) is 39.1 Å². The van der Waals surface area contributed by atoms with Crippen molar-refractivity contribution in [1.29, 1.82) is 0 Å². The second kappa shape index (κ2) is 23.3. The largest absolute Gasteiger partial charge is 0.462 e. The van der Waals surface area contributed by atoms with Crippen LogP contribution in [0, 0.1) is 0 Å². The number of unbranched alkanes of at least 4 members (excludes halogenated alkanes) is 2. The number of aryl methyl sites for hydroxylation is 2. The van der Waals surface area contributed by atoms with Crippen molar-refractivity contribution in [2.45, 2.75) is 65.2 Å². The molecule has 0 atom stereocenters. The molecule has 6 aromatic carbocycles. The molecule has 0 aliphatic heterocycles. The second-order valence-electron chi connectivity index (χ2n) is 15.6. The van der Waals surface area contributed by atoms with Crippen molar-refractivity contribution in [3.05, 3.63) is 194 Å². The fourth-order valence-electron chi connectivity index (χ4n) is 7.62. The molecule has 0 amide bonds. The molecule has 0 radical (unpaired) electrons. The van der Waals surface area contributed by atoms with Crippen molar-refractivity contribution < 1.29 is 28.6 Å². The van der Waals surface area contributed by atoms with Gasteiger partial charge < -0.3 is 19.1 Å². The SMILES string of the molecule is C=CC(=O)OCCc1ccc(-c2ccc(N(c3ccc(-c4ccc(CCOC(=O)C=C)cc4)cc3)c3ccc(-c4ccc(OC(=O)C=C)cc4CCCC)c(CCCC)c3)cc2)cc1. The van der Waals surface area contributed by atoms with Gasteiger partial charge in [-0.3, -0.25) is 0 Å². The van der Waals surface area contributed by atoms with Gasteiger partial charge in [0.15, 0.2) is 0 Å². The highest BCUT2D eigenvalue weighted by atomic mass is 16.5. The molecule has 0 heterocycles. The van der Waals surface area contributed by atoms with Crippen molar-refractivity contribution >= 4 is 35.0 Å². The number of anilines is 3. The molecule has 0 spiro atoms. The minimum absolute atomic E-state index is 0.305. The Morgan fingerprint density at radius 2 is 0.859 bits per heavy atom. The fraction of sp³-hybridized carbons (Fsp3) is 0.211. The number of benzene rings is 6. The molecular formula is C57H57NO6. The number of nitrogens with zero attached hydrogens (tertiary/aromatic N) is 1. The van der Waals surface area contributed by atoms with Crippen LogP contribution in [0.4, 0.5) is 17.1 Å². The molecule has 64 heavy (non-hydrogen) atoms. The number of ether oxygens (including phenoxy) is 3. The van der Waals surface area contributed by atoms with Crippen LogP contribution in [0.1, 0.15) is 61.8 Å². The monoisotopic (exact) mass is 851 g/mol. The first-order chi connectivity index (χ1) is 31.2. The molecule has 0 aliphatic rings. The fourth-order valence-corrected chi connectivity index (χ4v) is 7.62. The highest BCUT2D eigenvalue weighted by molar-refractivity contribution is 5.85. The number of carbonyl (C=O) groups excluding carboxylic acids is 3. The number of hydrogen-bond acceptors (Lipinski definition) is 7. The summed E-state index contributed by atoms with van der Waals surface area (Å²) in [6.45, 7) is 15.5. The maximum Gasteiger partial charge on any atom is 0.335 e. The van der Waals surface area contributed by atoms with Crippen LogP contribution >= 0.6 is 0 Å². The summed E-state index contributed by atoms with van der Waals surface area (Å²) in [5.41, 5.74) is 14.4. The van der Waals surface area contributed by atoms with Crippen molar-refractivity contribution in [2.75, 3.05) is 18.1 Å². The van der Waals surface area contributed by atoms with E-state index in [0.29, 0.717) is 31.8 Å². The average molecular weight is 852 g/mol. The molecule has 6 aromatic rings. The van der Waals surface area contributed by atoms with E-state index in [9.17, 15) is 14.4 Å². The Balaban J connectivity index is 1.36. The molecule has 0 aliphatic carbocycles. The normalized spacial score (nSPS) is 10.7. The van der Waals surface area contributed by atoms with Crippen molar-refractivity contribution in [2.24, 2.45) is 0 Å². The minimum atomic E-state index is -0.472. The number of carbonyl (C=O) groups is 3. The molecule has 0 N–H and O–H groups in total. The molecular weight excluding hydrogens is 795 g/mol. The van der Waals surface area contributed by atoms with Gasteiger partial charge in [-0.25, -0.2) is 14.4 Å². The van der Waals surface area contributed by atoms with E-state index >= 15 is 0 Å². The van der Waals surface area contributed by atoms with Crippen LogP contribution in [0.15, 0.2) is 171 Å². The lowest BCUT2D eigenvalue weighted by Gasteiger charge is -2.27. The van der Waals surface area contributed by atoms with E-state index in [1.165, 1.54) is 29.4 Å². The standard InChI is InChI=1S/C57H57NO6/c1-6-11-13-47-39-51(31-33-53(47)54-34-32-52(64-57(61)10-5)40-48(54)14-12-7-2)58(49-27-23-45(24-28-49)43-19-15-41(16-20-43)35-37-62-55(59)8-3)50-29-25-46(26-30-50)44-21-17-42(18-22-44)36-38-63-56(60)9-4/h8-10,15-34,39-40H,3-7,11-14,35-38H2,1-2H3. The first-order valence-corrected chi connectivity index (χ1v) is 22.1. The summed E-state index contributed by atoms with van der Waals surface area (Å²) in [6, 6.07) is 46.7. The Kier molecular flexibility index (Phi) is 16.8. The quantitative estimate of drug-likeness (QED) is 0.0382. The van der Waals surface area contributed by atoms with Gasteiger partial charge >= 0.3 is 17.9 Å². The molecule has 0 saturated carbocycles. The molecule has 0 aromatic heterocycles. The Morgan fingerprint density at radius 3 is 1.28 bits per heavy atom. The van der Waals surface area contributed by atoms with Gasteiger partial charge in [-0.15, -0.1) is 0 Å². The second-order valence-corrected chi connectivity index (χ2v) is 15.6. The van der Waals surface area contributed by atoms with Gasteiger partial charge in [0, 0.05) is 48.1 Å². The lowest BCUT2D eigenvalue weighted by atomic mass is 9.90. The Labute approximate surface area is 378 Å². The zero-order valence-corrected chi connectivity index (χ0v) is 37.0. The maximum atomic E-state index is 12.1. The molecule has 0 saturated heterocycles. The molecule has 326 valence electrons. The molecule has 7 nitrogen and oxygen atoms in total. The Bertz CT molecular complexity index is 2420. The van der Waals surface area contributed by atoms with Crippen LogP contribution in [0.3, 0.4) is 0 Å². The zero-order chi connectivity index (χ0) is 45.3. The summed E-state index contributed by atoms with van der Waals surface area (Å²) in [4.78, 5) is 37.4. The van der Waals surface area contributed by atoms with E-state index in [0.717, 1.165) is 100 Å². The third-order valence-corrected chi connectivity index (χ3v) is 11.1. The van der Waals surface area contributed by atoms with Crippen LogP contribution in [-0.2, 0) is 49.5 Å². The molecule has 0 fully saturated rings. The first-order valence-electron chi connectivity index (χ1n) is 22.1. The Hall–Kier alpha value is -7.25. The Morgan fingerprint density at radius 1 is 0.469 bits per heavy atom. The van der Waals surface area contributed by atoms with Crippen LogP contribution in [0.2, 0.25) is 0 Å². The predicted octanol–water partition coefficient (Wildman–Crippen LogP) is 13.5. The van der Waals surface area contributed by atoms with Gasteiger partial charge in [-0.2, -0.15) is 0 Å². The third kappa shape index (κ3) is 12.4. The van der Waals surface area contributed by atoms with Crippen LogP contribution in [0.5, 0.6) is 5.75 Å². The molecule has 6 rings (SSSR count). The van der Waals surface area contributed by atoms with Crippen molar-refractivity contribution in [1.82, 2.24) is 0 Å². The van der Waals surface area contributed by atoms with Gasteiger partial charge in [-0.1, -0.05) is 131 Å². The van der Waals surface area contributed by atoms with E-state index < -0.39 is 17.9 Å². The lowest BCUT2D eigenvalue weighted by molar-refractivity contribution is -0.138. The van der Waals surface area contributed by atoms with Gasteiger partial charge in [0.25, 0.3) is 0 Å².